The minimum absolute atomic E-state index is 0.0888. The smallest absolute Gasteiger partial charge is 0.282 e. The van der Waals surface area contributed by atoms with Crippen molar-refractivity contribution >= 4 is 39.5 Å². The van der Waals surface area contributed by atoms with Crippen LogP contribution in [0.4, 0.5) is 5.69 Å². The Morgan fingerprint density at radius 1 is 0.897 bits per heavy atom. The van der Waals surface area contributed by atoms with Gasteiger partial charge in [-0.3, -0.25) is 15.0 Å². The average Bonchev–Trinajstić information content (AvgIpc) is 3.03. The number of carbonyl (C=O) groups is 2. The Labute approximate surface area is 176 Å². The molecule has 0 radical (unpaired) electrons. The van der Waals surface area contributed by atoms with Gasteiger partial charge >= 0.3 is 0 Å². The predicted octanol–water partition coefficient (Wildman–Crippen LogP) is 4.49. The molecule has 5 nitrogen and oxygen atoms in total. The van der Waals surface area contributed by atoms with Gasteiger partial charge in [-0.15, -0.1) is 0 Å². The summed E-state index contributed by atoms with van der Waals surface area (Å²) in [6, 6.07) is 24.3. The molecule has 2 amide bonds. The number of carbonyl (C=O) groups excluding carboxylic acids is 2. The van der Waals surface area contributed by atoms with Gasteiger partial charge in [0.1, 0.15) is 17.9 Å². The highest BCUT2D eigenvalue weighted by atomic mass is 79.9. The van der Waals surface area contributed by atoms with Crippen LogP contribution in [0.25, 0.3) is 6.08 Å². The highest BCUT2D eigenvalue weighted by molar-refractivity contribution is 9.10. The molecule has 0 spiro atoms. The van der Waals surface area contributed by atoms with Crippen molar-refractivity contribution in [1.82, 2.24) is 5.43 Å². The van der Waals surface area contributed by atoms with E-state index in [0.717, 1.165) is 21.3 Å². The number of hydrazine groups is 1. The fraction of sp³-hybridized carbons (Fsp3) is 0.0435. The first-order valence-corrected chi connectivity index (χ1v) is 9.79. The number of hydrogen-bond acceptors (Lipinski definition) is 3. The van der Waals surface area contributed by atoms with Gasteiger partial charge < -0.3 is 4.74 Å². The van der Waals surface area contributed by atoms with Crippen molar-refractivity contribution in [2.75, 3.05) is 5.01 Å². The normalized spacial score (nSPS) is 14.9. The molecule has 0 unspecified atom stereocenters. The van der Waals surface area contributed by atoms with E-state index in [2.05, 4.69) is 21.4 Å². The second kappa shape index (κ2) is 8.32. The molecule has 1 heterocycles. The molecular formula is C23H17BrN2O3. The van der Waals surface area contributed by atoms with Crippen LogP contribution in [-0.2, 0) is 16.2 Å². The first-order chi connectivity index (χ1) is 14.1. The molecule has 144 valence electrons. The number of benzene rings is 3. The zero-order valence-electron chi connectivity index (χ0n) is 15.3. The third-order valence-electron chi connectivity index (χ3n) is 4.42. The maximum absolute atomic E-state index is 12.7. The Kier molecular flexibility index (Phi) is 5.44. The van der Waals surface area contributed by atoms with Crippen molar-refractivity contribution in [2.45, 2.75) is 6.61 Å². The summed E-state index contributed by atoms with van der Waals surface area (Å²) < 4.78 is 6.66. The number of nitrogens with one attached hydrogen (secondary N) is 1. The lowest BCUT2D eigenvalue weighted by Crippen LogP contribution is -2.35. The Balaban J connectivity index is 1.46. The van der Waals surface area contributed by atoms with E-state index in [-0.39, 0.29) is 11.5 Å². The van der Waals surface area contributed by atoms with Crippen LogP contribution in [0.3, 0.4) is 0 Å². The van der Waals surface area contributed by atoms with Crippen LogP contribution >= 0.6 is 15.9 Å². The van der Waals surface area contributed by atoms with Gasteiger partial charge in [-0.25, -0.2) is 5.01 Å². The van der Waals surface area contributed by atoms with Crippen LogP contribution in [-0.4, -0.2) is 11.8 Å². The fourth-order valence-electron chi connectivity index (χ4n) is 2.90. The summed E-state index contributed by atoms with van der Waals surface area (Å²) in [6.45, 7) is 0.477. The number of halogens is 1. The lowest BCUT2D eigenvalue weighted by molar-refractivity contribution is -0.117. The summed E-state index contributed by atoms with van der Waals surface area (Å²) >= 11 is 3.35. The highest BCUT2D eigenvalue weighted by Gasteiger charge is 2.34. The van der Waals surface area contributed by atoms with Gasteiger partial charge in [-0.05, 0) is 53.6 Å². The molecule has 1 N–H and O–H groups in total. The minimum atomic E-state index is -0.428. The molecule has 3 aromatic carbocycles. The van der Waals surface area contributed by atoms with Crippen LogP contribution in [0, 0.1) is 0 Å². The molecule has 29 heavy (non-hydrogen) atoms. The molecule has 0 saturated carbocycles. The maximum atomic E-state index is 12.7. The minimum Gasteiger partial charge on any atom is -0.489 e. The van der Waals surface area contributed by atoms with Gasteiger partial charge in [0.2, 0.25) is 0 Å². The topological polar surface area (TPSA) is 58.6 Å². The summed E-state index contributed by atoms with van der Waals surface area (Å²) in [5.74, 6) is -0.0984. The summed E-state index contributed by atoms with van der Waals surface area (Å²) in [5, 5.41) is 1.25. The molecule has 6 heteroatoms. The number of rotatable bonds is 5. The SMILES string of the molecule is O=C1NN(c2ccc(Br)cc2)C(=O)/C1=C\c1ccc(OCc2ccccc2)cc1. The van der Waals surface area contributed by atoms with E-state index >= 15 is 0 Å². The molecule has 0 aromatic heterocycles. The molecule has 0 aliphatic carbocycles. The zero-order chi connectivity index (χ0) is 20.2. The van der Waals surface area contributed by atoms with Gasteiger partial charge in [-0.1, -0.05) is 58.4 Å². The maximum Gasteiger partial charge on any atom is 0.282 e. The Hall–Kier alpha value is -3.38. The lowest BCUT2D eigenvalue weighted by atomic mass is 10.1. The van der Waals surface area contributed by atoms with Crippen molar-refractivity contribution in [3.8, 4) is 5.75 Å². The van der Waals surface area contributed by atoms with Gasteiger partial charge in [0.15, 0.2) is 0 Å². The predicted molar refractivity (Wildman–Crippen MR) is 115 cm³/mol. The van der Waals surface area contributed by atoms with Gasteiger partial charge in [0, 0.05) is 4.47 Å². The Morgan fingerprint density at radius 2 is 1.59 bits per heavy atom. The monoisotopic (exact) mass is 448 g/mol. The van der Waals surface area contributed by atoms with Crippen LogP contribution in [0.5, 0.6) is 5.75 Å². The molecule has 1 aliphatic rings. The third-order valence-corrected chi connectivity index (χ3v) is 4.94. The Morgan fingerprint density at radius 3 is 2.28 bits per heavy atom. The van der Waals surface area contributed by atoms with Crippen molar-refractivity contribution < 1.29 is 14.3 Å². The van der Waals surface area contributed by atoms with E-state index in [4.69, 9.17) is 4.74 Å². The van der Waals surface area contributed by atoms with Crippen molar-refractivity contribution in [1.29, 1.82) is 0 Å². The number of ether oxygens (including phenoxy) is 1. The largest absolute Gasteiger partial charge is 0.489 e. The van der Waals surface area contributed by atoms with E-state index in [9.17, 15) is 9.59 Å². The molecule has 1 saturated heterocycles. The molecule has 1 fully saturated rings. The van der Waals surface area contributed by atoms with Crippen molar-refractivity contribution in [2.24, 2.45) is 0 Å². The first kappa shape index (κ1) is 19.0. The van der Waals surface area contributed by atoms with Crippen LogP contribution in [0.2, 0.25) is 0 Å². The molecule has 3 aromatic rings. The van der Waals surface area contributed by atoms with E-state index in [1.54, 1.807) is 18.2 Å². The van der Waals surface area contributed by atoms with Crippen molar-refractivity contribution in [3.63, 3.8) is 0 Å². The summed E-state index contributed by atoms with van der Waals surface area (Å²) in [4.78, 5) is 25.0. The highest BCUT2D eigenvalue weighted by Crippen LogP contribution is 2.24. The summed E-state index contributed by atoms with van der Waals surface area (Å²) in [6.07, 6.45) is 1.58. The second-order valence-electron chi connectivity index (χ2n) is 6.46. The third kappa shape index (κ3) is 4.38. The molecule has 1 aliphatic heterocycles. The van der Waals surface area contributed by atoms with Crippen LogP contribution < -0.4 is 15.2 Å². The molecule has 0 bridgehead atoms. The van der Waals surface area contributed by atoms with E-state index in [1.807, 2.05) is 66.7 Å². The first-order valence-electron chi connectivity index (χ1n) is 9.00. The number of nitrogens with zero attached hydrogens (tertiary/aromatic N) is 1. The average molecular weight is 449 g/mol. The lowest BCUT2D eigenvalue weighted by Gasteiger charge is -2.14. The molecular weight excluding hydrogens is 432 g/mol. The van der Waals surface area contributed by atoms with Gasteiger partial charge in [-0.2, -0.15) is 0 Å². The number of hydrogen-bond donors (Lipinski definition) is 1. The fourth-order valence-corrected chi connectivity index (χ4v) is 3.16. The Bertz CT molecular complexity index is 1060. The molecule has 4 rings (SSSR count). The van der Waals surface area contributed by atoms with Crippen LogP contribution in [0.15, 0.2) is 88.9 Å². The number of anilines is 1. The van der Waals surface area contributed by atoms with Crippen LogP contribution in [0.1, 0.15) is 11.1 Å². The van der Waals surface area contributed by atoms with E-state index in [1.165, 1.54) is 5.01 Å². The van der Waals surface area contributed by atoms with Crippen molar-refractivity contribution in [3.05, 3.63) is 100 Å². The molecule has 0 atom stereocenters. The summed E-state index contributed by atoms with van der Waals surface area (Å²) in [5.41, 5.74) is 5.11. The van der Waals surface area contributed by atoms with Gasteiger partial charge in [0.05, 0.1) is 5.69 Å². The zero-order valence-corrected chi connectivity index (χ0v) is 16.9. The van der Waals surface area contributed by atoms with E-state index < -0.39 is 5.91 Å². The number of amides is 2. The van der Waals surface area contributed by atoms with Gasteiger partial charge in [0.25, 0.3) is 11.8 Å². The second-order valence-corrected chi connectivity index (χ2v) is 7.37. The van der Waals surface area contributed by atoms with E-state index in [0.29, 0.717) is 12.3 Å². The quantitative estimate of drug-likeness (QED) is 0.462. The summed E-state index contributed by atoms with van der Waals surface area (Å²) in [7, 11) is 0. The standard InChI is InChI=1S/C23H17BrN2O3/c24-18-8-10-19(11-9-18)26-23(28)21(22(27)25-26)14-16-6-12-20(13-7-16)29-15-17-4-2-1-3-5-17/h1-14H,15H2,(H,25,27)/b21-14-.